The Balaban J connectivity index is 1.31. The van der Waals surface area contributed by atoms with E-state index in [4.69, 9.17) is 0 Å². The minimum atomic E-state index is -0.286. The number of carbonyl (C=O) groups is 2. The zero-order valence-electron chi connectivity index (χ0n) is 15.8. The molecule has 0 aliphatic heterocycles. The summed E-state index contributed by atoms with van der Waals surface area (Å²) in [5.74, 6) is -0.217. The van der Waals surface area contributed by atoms with Crippen LogP contribution in [0.3, 0.4) is 0 Å². The third-order valence-electron chi connectivity index (χ3n) is 4.05. The molecule has 0 spiro atoms. The van der Waals surface area contributed by atoms with E-state index in [1.54, 1.807) is 17.4 Å². The van der Waals surface area contributed by atoms with Gasteiger partial charge in [-0.05, 0) is 54.1 Å². The molecule has 4 aromatic rings. The second-order valence-electron chi connectivity index (χ2n) is 6.22. The first-order chi connectivity index (χ1) is 14.6. The predicted octanol–water partition coefficient (Wildman–Crippen LogP) is 6.30. The molecule has 1 aromatic carbocycles. The number of aromatic nitrogens is 1. The highest BCUT2D eigenvalue weighted by molar-refractivity contribution is 8.00. The Bertz CT molecular complexity index is 1120. The lowest BCUT2D eigenvalue weighted by Gasteiger charge is -2.11. The Labute approximate surface area is 190 Å². The van der Waals surface area contributed by atoms with E-state index in [2.05, 4.69) is 15.6 Å². The summed E-state index contributed by atoms with van der Waals surface area (Å²) in [5, 5.41) is 11.9. The standard InChI is InChI=1S/C21H17N3O2S4/c1-13(19(25)24-21-23-16(12-29-21)17-4-2-10-27-17)30-15-8-6-14(7-9-15)22-20(26)18-5-3-11-28-18/h2-13H,1H3,(H,22,26)(H,23,24,25). The summed E-state index contributed by atoms with van der Waals surface area (Å²) in [6.07, 6.45) is 0. The van der Waals surface area contributed by atoms with Crippen molar-refractivity contribution in [3.8, 4) is 10.6 Å². The van der Waals surface area contributed by atoms with Gasteiger partial charge >= 0.3 is 0 Å². The van der Waals surface area contributed by atoms with E-state index in [9.17, 15) is 9.59 Å². The van der Waals surface area contributed by atoms with Gasteiger partial charge in [0.05, 0.1) is 20.7 Å². The van der Waals surface area contributed by atoms with E-state index in [-0.39, 0.29) is 17.1 Å². The summed E-state index contributed by atoms with van der Waals surface area (Å²) >= 11 is 5.90. The fraction of sp³-hybridized carbons (Fsp3) is 0.0952. The maximum absolute atomic E-state index is 12.5. The Morgan fingerprint density at radius 1 is 0.967 bits per heavy atom. The summed E-state index contributed by atoms with van der Waals surface area (Å²) in [7, 11) is 0. The predicted molar refractivity (Wildman–Crippen MR) is 128 cm³/mol. The second kappa shape index (κ2) is 9.57. The Hall–Kier alpha value is -2.46. The van der Waals surface area contributed by atoms with Crippen LogP contribution in [0, 0.1) is 0 Å². The average Bonchev–Trinajstić information content (AvgIpc) is 3.51. The molecule has 2 N–H and O–H groups in total. The normalized spacial score (nSPS) is 11.8. The Morgan fingerprint density at radius 3 is 2.43 bits per heavy atom. The van der Waals surface area contributed by atoms with Crippen molar-refractivity contribution in [2.45, 2.75) is 17.1 Å². The van der Waals surface area contributed by atoms with Gasteiger partial charge in [0.25, 0.3) is 5.91 Å². The van der Waals surface area contributed by atoms with Crippen LogP contribution in [0.25, 0.3) is 10.6 Å². The van der Waals surface area contributed by atoms with Gasteiger partial charge in [0.1, 0.15) is 0 Å². The van der Waals surface area contributed by atoms with Crippen molar-refractivity contribution in [2.24, 2.45) is 0 Å². The molecule has 4 rings (SSSR count). The monoisotopic (exact) mass is 471 g/mol. The van der Waals surface area contributed by atoms with Gasteiger partial charge in [-0.25, -0.2) is 4.98 Å². The third-order valence-corrected chi connectivity index (χ3v) is 7.68. The molecule has 9 heteroatoms. The van der Waals surface area contributed by atoms with Crippen molar-refractivity contribution in [1.82, 2.24) is 4.98 Å². The number of anilines is 2. The van der Waals surface area contributed by atoms with Crippen molar-refractivity contribution in [2.75, 3.05) is 10.6 Å². The summed E-state index contributed by atoms with van der Waals surface area (Å²) < 4.78 is 0. The first kappa shape index (κ1) is 20.8. The van der Waals surface area contributed by atoms with Crippen LogP contribution in [0.4, 0.5) is 10.8 Å². The van der Waals surface area contributed by atoms with E-state index in [1.165, 1.54) is 34.4 Å². The van der Waals surface area contributed by atoms with Crippen molar-refractivity contribution >= 4 is 68.4 Å². The maximum atomic E-state index is 12.5. The summed E-state index contributed by atoms with van der Waals surface area (Å²) in [6, 6.07) is 15.1. The lowest BCUT2D eigenvalue weighted by atomic mass is 10.3. The molecule has 30 heavy (non-hydrogen) atoms. The largest absolute Gasteiger partial charge is 0.321 e. The highest BCUT2D eigenvalue weighted by Crippen LogP contribution is 2.30. The molecule has 0 saturated heterocycles. The van der Waals surface area contributed by atoms with Crippen molar-refractivity contribution in [3.05, 3.63) is 69.5 Å². The first-order valence-electron chi connectivity index (χ1n) is 9.00. The zero-order valence-corrected chi connectivity index (χ0v) is 19.1. The molecule has 0 bridgehead atoms. The molecule has 152 valence electrons. The summed E-state index contributed by atoms with van der Waals surface area (Å²) in [4.78, 5) is 31.8. The van der Waals surface area contributed by atoms with Crippen molar-refractivity contribution < 1.29 is 9.59 Å². The molecule has 3 aromatic heterocycles. The summed E-state index contributed by atoms with van der Waals surface area (Å²) in [6.45, 7) is 1.86. The van der Waals surface area contributed by atoms with Crippen LogP contribution >= 0.6 is 45.8 Å². The van der Waals surface area contributed by atoms with E-state index >= 15 is 0 Å². The van der Waals surface area contributed by atoms with Gasteiger partial charge in [-0.15, -0.1) is 45.8 Å². The van der Waals surface area contributed by atoms with Crippen LogP contribution in [0.2, 0.25) is 0 Å². The molecular formula is C21H17N3O2S4. The lowest BCUT2D eigenvalue weighted by Crippen LogP contribution is -2.22. The van der Waals surface area contributed by atoms with Crippen LogP contribution in [0.1, 0.15) is 16.6 Å². The average molecular weight is 472 g/mol. The van der Waals surface area contributed by atoms with Crippen LogP contribution in [-0.4, -0.2) is 22.0 Å². The van der Waals surface area contributed by atoms with Gasteiger partial charge in [-0.2, -0.15) is 0 Å². The van der Waals surface area contributed by atoms with Gasteiger partial charge < -0.3 is 10.6 Å². The highest BCUT2D eigenvalue weighted by atomic mass is 32.2. The van der Waals surface area contributed by atoms with Gasteiger partial charge in [0, 0.05) is 16.0 Å². The summed E-state index contributed by atoms with van der Waals surface area (Å²) in [5.41, 5.74) is 1.60. The lowest BCUT2D eigenvalue weighted by molar-refractivity contribution is -0.115. The number of hydrogen-bond acceptors (Lipinski definition) is 7. The molecule has 1 unspecified atom stereocenters. The van der Waals surface area contributed by atoms with Gasteiger partial charge in [0.2, 0.25) is 5.91 Å². The number of nitrogens with one attached hydrogen (secondary N) is 2. The first-order valence-corrected chi connectivity index (χ1v) is 12.5. The highest BCUT2D eigenvalue weighted by Gasteiger charge is 2.17. The van der Waals surface area contributed by atoms with E-state index in [1.807, 2.05) is 65.5 Å². The quantitative estimate of drug-likeness (QED) is 0.310. The molecule has 0 aliphatic carbocycles. The second-order valence-corrected chi connectivity index (χ2v) is 10.4. The van der Waals surface area contributed by atoms with Gasteiger partial charge in [0.15, 0.2) is 5.13 Å². The number of amides is 2. The molecule has 0 fully saturated rings. The van der Waals surface area contributed by atoms with Crippen molar-refractivity contribution in [1.29, 1.82) is 0 Å². The van der Waals surface area contributed by atoms with Crippen LogP contribution in [-0.2, 0) is 4.79 Å². The minimum absolute atomic E-state index is 0.0952. The molecule has 3 heterocycles. The fourth-order valence-electron chi connectivity index (χ4n) is 2.55. The molecular weight excluding hydrogens is 455 g/mol. The topological polar surface area (TPSA) is 71.1 Å². The van der Waals surface area contributed by atoms with Crippen LogP contribution in [0.5, 0.6) is 0 Å². The molecule has 5 nitrogen and oxygen atoms in total. The molecule has 0 aliphatic rings. The number of thiazole rings is 1. The fourth-order valence-corrected chi connectivity index (χ4v) is 5.51. The van der Waals surface area contributed by atoms with Gasteiger partial charge in [-0.1, -0.05) is 12.1 Å². The Morgan fingerprint density at radius 2 is 1.73 bits per heavy atom. The molecule has 1 atom stereocenters. The number of hydrogen-bond donors (Lipinski definition) is 2. The number of nitrogens with zero attached hydrogens (tertiary/aromatic N) is 1. The van der Waals surface area contributed by atoms with Crippen molar-refractivity contribution in [3.63, 3.8) is 0 Å². The number of thioether (sulfide) groups is 1. The minimum Gasteiger partial charge on any atom is -0.321 e. The Kier molecular flexibility index (Phi) is 6.63. The number of rotatable bonds is 7. The molecule has 2 amide bonds. The number of carbonyl (C=O) groups excluding carboxylic acids is 2. The van der Waals surface area contributed by atoms with Gasteiger partial charge in [-0.3, -0.25) is 9.59 Å². The molecule has 0 radical (unpaired) electrons. The SMILES string of the molecule is CC(Sc1ccc(NC(=O)c2cccs2)cc1)C(=O)Nc1nc(-c2cccs2)cs1. The number of thiophene rings is 2. The smallest absolute Gasteiger partial charge is 0.265 e. The van der Waals surface area contributed by atoms with Crippen LogP contribution in [0.15, 0.2) is 69.6 Å². The van der Waals surface area contributed by atoms with E-state index in [0.29, 0.717) is 10.0 Å². The molecule has 0 saturated carbocycles. The maximum Gasteiger partial charge on any atom is 0.265 e. The number of benzene rings is 1. The van der Waals surface area contributed by atoms with Crippen LogP contribution < -0.4 is 10.6 Å². The van der Waals surface area contributed by atoms with E-state index in [0.717, 1.165) is 21.2 Å². The zero-order chi connectivity index (χ0) is 20.9. The van der Waals surface area contributed by atoms with E-state index < -0.39 is 0 Å². The third kappa shape index (κ3) is 5.17.